The molecule has 0 amide bonds. The third-order valence-electron chi connectivity index (χ3n) is 1.93. The summed E-state index contributed by atoms with van der Waals surface area (Å²) in [5, 5.41) is 1.72. The van der Waals surface area contributed by atoms with Gasteiger partial charge in [-0.25, -0.2) is 13.8 Å². The maximum atomic E-state index is 13.3. The van der Waals surface area contributed by atoms with Crippen molar-refractivity contribution in [1.82, 2.24) is 4.98 Å². The third kappa shape index (κ3) is 1.83. The Morgan fingerprint density at radius 1 is 1.27 bits per heavy atom. The molecule has 0 aliphatic rings. The fourth-order valence-electron chi connectivity index (χ4n) is 1.26. The molecule has 1 aromatic carbocycles. The lowest BCUT2D eigenvalue weighted by molar-refractivity contribution is 0.360. The predicted octanol–water partition coefficient (Wildman–Crippen LogP) is 3.10. The van der Waals surface area contributed by atoms with Crippen LogP contribution in [0.4, 0.5) is 8.78 Å². The maximum absolute atomic E-state index is 13.3. The van der Waals surface area contributed by atoms with Crippen LogP contribution in [-0.2, 0) is 0 Å². The summed E-state index contributed by atoms with van der Waals surface area (Å²) in [7, 11) is 1.23. The highest BCUT2D eigenvalue weighted by molar-refractivity contribution is 7.07. The topological polar surface area (TPSA) is 22.1 Å². The van der Waals surface area contributed by atoms with Crippen LogP contribution in [0.5, 0.6) is 5.75 Å². The van der Waals surface area contributed by atoms with Crippen LogP contribution >= 0.6 is 11.3 Å². The van der Waals surface area contributed by atoms with Gasteiger partial charge < -0.3 is 4.74 Å². The van der Waals surface area contributed by atoms with E-state index >= 15 is 0 Å². The Hall–Kier alpha value is -1.49. The first-order valence-corrected chi connectivity index (χ1v) is 5.08. The van der Waals surface area contributed by atoms with Gasteiger partial charge in [-0.3, -0.25) is 0 Å². The molecule has 0 bridgehead atoms. The van der Waals surface area contributed by atoms with Gasteiger partial charge in [0.2, 0.25) is 0 Å². The number of methoxy groups -OCH3 is 1. The Morgan fingerprint density at radius 2 is 1.93 bits per heavy atom. The van der Waals surface area contributed by atoms with Gasteiger partial charge in [-0.1, -0.05) is 0 Å². The van der Waals surface area contributed by atoms with Crippen LogP contribution < -0.4 is 4.74 Å². The highest BCUT2D eigenvalue weighted by Gasteiger charge is 2.12. The Kier molecular flexibility index (Phi) is 2.64. The Labute approximate surface area is 89.2 Å². The number of hydrogen-bond donors (Lipinski definition) is 0. The summed E-state index contributed by atoms with van der Waals surface area (Å²) in [5.74, 6) is -1.81. The van der Waals surface area contributed by atoms with Crippen molar-refractivity contribution in [3.8, 4) is 17.0 Å². The maximum Gasteiger partial charge on any atom is 0.190 e. The number of thiazole rings is 1. The number of halogens is 2. The summed E-state index contributed by atoms with van der Waals surface area (Å²) in [6.07, 6.45) is 0. The van der Waals surface area contributed by atoms with Crippen molar-refractivity contribution in [2.75, 3.05) is 7.11 Å². The number of ether oxygens (including phenoxy) is 1. The molecule has 0 N–H and O–H groups in total. The summed E-state index contributed by atoms with van der Waals surface area (Å²) in [5.41, 5.74) is 2.57. The number of benzene rings is 1. The molecule has 15 heavy (non-hydrogen) atoms. The minimum absolute atomic E-state index is 0.367. The van der Waals surface area contributed by atoms with Gasteiger partial charge in [0.05, 0.1) is 18.3 Å². The second-order valence-corrected chi connectivity index (χ2v) is 3.57. The molecule has 1 heterocycles. The van der Waals surface area contributed by atoms with Gasteiger partial charge in [-0.2, -0.15) is 0 Å². The van der Waals surface area contributed by atoms with Crippen LogP contribution in [0.25, 0.3) is 11.3 Å². The van der Waals surface area contributed by atoms with E-state index in [1.54, 1.807) is 10.9 Å². The van der Waals surface area contributed by atoms with Crippen LogP contribution in [-0.4, -0.2) is 12.1 Å². The standard InChI is InChI=1S/C10H7F2NOS/c1-14-10-7(11)2-6(3-8(10)12)9-4-15-5-13-9/h2-5H,1H3. The molecular formula is C10H7F2NOS. The molecule has 2 aromatic rings. The van der Waals surface area contributed by atoms with E-state index in [0.717, 1.165) is 0 Å². The normalized spacial score (nSPS) is 10.3. The minimum Gasteiger partial charge on any atom is -0.491 e. The van der Waals surface area contributed by atoms with E-state index in [1.165, 1.54) is 30.6 Å². The molecule has 0 aliphatic carbocycles. The highest BCUT2D eigenvalue weighted by Crippen LogP contribution is 2.28. The molecule has 5 heteroatoms. The predicted molar refractivity (Wildman–Crippen MR) is 54.0 cm³/mol. The van der Waals surface area contributed by atoms with Crippen molar-refractivity contribution in [2.24, 2.45) is 0 Å². The quantitative estimate of drug-likeness (QED) is 0.786. The number of nitrogens with zero attached hydrogens (tertiary/aromatic N) is 1. The SMILES string of the molecule is COc1c(F)cc(-c2cscn2)cc1F. The fraction of sp³-hybridized carbons (Fsp3) is 0.100. The van der Waals surface area contributed by atoms with Gasteiger partial charge in [0.1, 0.15) is 0 Å². The van der Waals surface area contributed by atoms with E-state index < -0.39 is 11.6 Å². The van der Waals surface area contributed by atoms with Crippen LogP contribution in [0.3, 0.4) is 0 Å². The van der Waals surface area contributed by atoms with Crippen molar-refractivity contribution in [3.05, 3.63) is 34.7 Å². The average molecular weight is 227 g/mol. The number of hydrogen-bond acceptors (Lipinski definition) is 3. The van der Waals surface area contributed by atoms with Gasteiger partial charge in [0.25, 0.3) is 0 Å². The van der Waals surface area contributed by atoms with Gasteiger partial charge in [-0.15, -0.1) is 11.3 Å². The van der Waals surface area contributed by atoms with E-state index in [2.05, 4.69) is 9.72 Å². The zero-order valence-corrected chi connectivity index (χ0v) is 8.65. The second-order valence-electron chi connectivity index (χ2n) is 2.85. The fourth-order valence-corrected chi connectivity index (χ4v) is 1.82. The zero-order chi connectivity index (χ0) is 10.8. The molecule has 0 saturated heterocycles. The highest BCUT2D eigenvalue weighted by atomic mass is 32.1. The number of rotatable bonds is 2. The minimum atomic E-state index is -0.722. The Balaban J connectivity index is 2.53. The summed E-state index contributed by atoms with van der Waals surface area (Å²) in [4.78, 5) is 3.97. The summed E-state index contributed by atoms with van der Waals surface area (Å²) in [6.45, 7) is 0. The van der Waals surface area contributed by atoms with Crippen LogP contribution in [0.1, 0.15) is 0 Å². The largest absolute Gasteiger partial charge is 0.491 e. The van der Waals surface area contributed by atoms with E-state index in [4.69, 9.17) is 0 Å². The van der Waals surface area contributed by atoms with Gasteiger partial charge in [-0.05, 0) is 12.1 Å². The molecule has 2 rings (SSSR count). The third-order valence-corrected chi connectivity index (χ3v) is 2.52. The first kappa shape index (κ1) is 10.0. The molecule has 2 nitrogen and oxygen atoms in total. The first-order valence-electron chi connectivity index (χ1n) is 4.14. The van der Waals surface area contributed by atoms with Gasteiger partial charge in [0, 0.05) is 10.9 Å². The first-order chi connectivity index (χ1) is 7.22. The molecule has 0 atom stereocenters. The second kappa shape index (κ2) is 3.94. The lowest BCUT2D eigenvalue weighted by Crippen LogP contribution is -1.93. The molecule has 0 unspecified atom stereocenters. The van der Waals surface area contributed by atoms with E-state index in [-0.39, 0.29) is 5.75 Å². The smallest absolute Gasteiger partial charge is 0.190 e. The van der Waals surface area contributed by atoms with Crippen molar-refractivity contribution in [2.45, 2.75) is 0 Å². The molecule has 78 valence electrons. The lowest BCUT2D eigenvalue weighted by atomic mass is 10.1. The van der Waals surface area contributed by atoms with Crippen molar-refractivity contribution < 1.29 is 13.5 Å². The van der Waals surface area contributed by atoms with Gasteiger partial charge >= 0.3 is 0 Å². The van der Waals surface area contributed by atoms with Crippen molar-refractivity contribution in [3.63, 3.8) is 0 Å². The summed E-state index contributed by atoms with van der Waals surface area (Å²) >= 11 is 1.37. The zero-order valence-electron chi connectivity index (χ0n) is 7.83. The van der Waals surface area contributed by atoms with Crippen LogP contribution in [0.15, 0.2) is 23.0 Å². The van der Waals surface area contributed by atoms with Gasteiger partial charge in [0.15, 0.2) is 17.4 Å². The average Bonchev–Trinajstić information content (AvgIpc) is 2.69. The molecule has 0 saturated carbocycles. The number of aromatic nitrogens is 1. The molecule has 1 aromatic heterocycles. The summed E-state index contributed by atoms with van der Waals surface area (Å²) in [6, 6.07) is 2.41. The lowest BCUT2D eigenvalue weighted by Gasteiger charge is -2.05. The van der Waals surface area contributed by atoms with E-state index in [1.807, 2.05) is 0 Å². The van der Waals surface area contributed by atoms with E-state index in [9.17, 15) is 8.78 Å². The Morgan fingerprint density at radius 3 is 2.40 bits per heavy atom. The van der Waals surface area contributed by atoms with E-state index in [0.29, 0.717) is 11.3 Å². The van der Waals surface area contributed by atoms with Crippen LogP contribution in [0.2, 0.25) is 0 Å². The molecule has 0 fully saturated rings. The van der Waals surface area contributed by atoms with Crippen molar-refractivity contribution in [1.29, 1.82) is 0 Å². The summed E-state index contributed by atoms with van der Waals surface area (Å²) < 4.78 is 31.2. The monoisotopic (exact) mass is 227 g/mol. The van der Waals surface area contributed by atoms with Crippen LogP contribution in [0, 0.1) is 11.6 Å². The molecular weight excluding hydrogens is 220 g/mol. The molecule has 0 spiro atoms. The van der Waals surface area contributed by atoms with Crippen molar-refractivity contribution >= 4 is 11.3 Å². The molecule has 0 aliphatic heterocycles. The Bertz CT molecular complexity index is 447. The molecule has 0 radical (unpaired) electrons.